The van der Waals surface area contributed by atoms with Gasteiger partial charge in [-0.3, -0.25) is 15.4 Å². The highest BCUT2D eigenvalue weighted by Crippen LogP contribution is 2.16. The maximum atomic E-state index is 12.1. The summed E-state index contributed by atoms with van der Waals surface area (Å²) < 4.78 is 1.57. The van der Waals surface area contributed by atoms with Gasteiger partial charge in [-0.25, -0.2) is 4.68 Å². The van der Waals surface area contributed by atoms with Gasteiger partial charge in [-0.05, 0) is 53.7 Å². The molecule has 2 N–H and O–H groups in total. The number of anilines is 1. The number of hydrogen-bond acceptors (Lipinski definition) is 5. The van der Waals surface area contributed by atoms with Crippen molar-refractivity contribution in [2.24, 2.45) is 0 Å². The van der Waals surface area contributed by atoms with Gasteiger partial charge in [0, 0.05) is 17.1 Å². The number of tetrazole rings is 1. The molecule has 0 saturated carbocycles. The molecule has 2 rings (SSSR count). The van der Waals surface area contributed by atoms with Crippen LogP contribution in [0.5, 0.6) is 0 Å². The van der Waals surface area contributed by atoms with Crippen LogP contribution in [0.2, 0.25) is 5.02 Å². The Hall–Kier alpha value is -2.06. The molecular formula is C13H15ClN6OS. The van der Waals surface area contributed by atoms with E-state index in [4.69, 9.17) is 23.8 Å². The van der Waals surface area contributed by atoms with E-state index in [2.05, 4.69) is 26.2 Å². The van der Waals surface area contributed by atoms with Crippen LogP contribution in [0.15, 0.2) is 18.2 Å². The summed E-state index contributed by atoms with van der Waals surface area (Å²) in [5, 5.41) is 17.2. The number of hydrogen-bond donors (Lipinski definition) is 2. The van der Waals surface area contributed by atoms with E-state index in [0.717, 1.165) is 12.0 Å². The number of halogens is 1. The molecule has 22 heavy (non-hydrogen) atoms. The first-order valence-electron chi connectivity index (χ1n) is 6.66. The SMILES string of the molecule is CCCn1nnnc1NC(=S)NC(=O)c1ccc(C)c(Cl)c1. The lowest BCUT2D eigenvalue weighted by Crippen LogP contribution is -2.35. The first-order chi connectivity index (χ1) is 10.5. The molecule has 1 aromatic heterocycles. The Morgan fingerprint density at radius 1 is 1.45 bits per heavy atom. The fourth-order valence-electron chi connectivity index (χ4n) is 1.70. The third kappa shape index (κ3) is 3.99. The second kappa shape index (κ2) is 7.28. The van der Waals surface area contributed by atoms with E-state index in [0.29, 0.717) is 23.1 Å². The van der Waals surface area contributed by atoms with E-state index in [1.165, 1.54) is 0 Å². The molecule has 0 spiro atoms. The van der Waals surface area contributed by atoms with Crippen molar-refractivity contribution in [3.05, 3.63) is 34.3 Å². The lowest BCUT2D eigenvalue weighted by Gasteiger charge is -2.09. The molecule has 2 aromatic rings. The van der Waals surface area contributed by atoms with Crippen molar-refractivity contribution in [2.45, 2.75) is 26.8 Å². The minimum absolute atomic E-state index is 0.119. The van der Waals surface area contributed by atoms with Gasteiger partial charge in [-0.1, -0.05) is 29.7 Å². The predicted molar refractivity (Wildman–Crippen MR) is 88.0 cm³/mol. The molecule has 0 radical (unpaired) electrons. The highest BCUT2D eigenvalue weighted by molar-refractivity contribution is 7.80. The number of nitrogens with zero attached hydrogens (tertiary/aromatic N) is 4. The summed E-state index contributed by atoms with van der Waals surface area (Å²) in [6.45, 7) is 4.52. The molecule has 0 atom stereocenters. The largest absolute Gasteiger partial charge is 0.300 e. The Morgan fingerprint density at radius 2 is 2.23 bits per heavy atom. The summed E-state index contributed by atoms with van der Waals surface area (Å²) in [6, 6.07) is 5.05. The third-order valence-electron chi connectivity index (χ3n) is 2.85. The average molecular weight is 339 g/mol. The van der Waals surface area contributed by atoms with Crippen LogP contribution in [0.25, 0.3) is 0 Å². The van der Waals surface area contributed by atoms with Gasteiger partial charge >= 0.3 is 0 Å². The molecule has 0 saturated heterocycles. The number of amides is 1. The van der Waals surface area contributed by atoms with Crippen LogP contribution in [0.1, 0.15) is 29.3 Å². The van der Waals surface area contributed by atoms with Crippen molar-refractivity contribution in [1.82, 2.24) is 25.5 Å². The van der Waals surface area contributed by atoms with Crippen LogP contribution >= 0.6 is 23.8 Å². The number of rotatable bonds is 4. The van der Waals surface area contributed by atoms with Gasteiger partial charge in [-0.15, -0.1) is 0 Å². The van der Waals surface area contributed by atoms with Gasteiger partial charge in [0.1, 0.15) is 0 Å². The Bertz CT molecular complexity index is 702. The maximum Gasteiger partial charge on any atom is 0.257 e. The standard InChI is InChI=1S/C13H15ClN6OS/c1-3-6-20-12(17-18-19-20)16-13(22)15-11(21)9-5-4-8(2)10(14)7-9/h4-5,7H,3,6H2,1-2H3,(H2,15,16,17,19,21,22). The smallest absolute Gasteiger partial charge is 0.257 e. The molecule has 7 nitrogen and oxygen atoms in total. The topological polar surface area (TPSA) is 84.7 Å². The minimum Gasteiger partial charge on any atom is -0.300 e. The van der Waals surface area contributed by atoms with Crippen LogP contribution in [-0.2, 0) is 6.54 Å². The van der Waals surface area contributed by atoms with Gasteiger partial charge in [-0.2, -0.15) is 0 Å². The Morgan fingerprint density at radius 3 is 2.91 bits per heavy atom. The van der Waals surface area contributed by atoms with Crippen LogP contribution in [0.3, 0.4) is 0 Å². The number of thiocarbonyl (C=S) groups is 1. The maximum absolute atomic E-state index is 12.1. The molecule has 9 heteroatoms. The number of aromatic nitrogens is 4. The molecule has 0 fully saturated rings. The van der Waals surface area contributed by atoms with E-state index < -0.39 is 0 Å². The van der Waals surface area contributed by atoms with Crippen LogP contribution in [0, 0.1) is 6.92 Å². The first kappa shape index (κ1) is 16.3. The Balaban J connectivity index is 2.00. The summed E-state index contributed by atoms with van der Waals surface area (Å²) >= 11 is 11.1. The summed E-state index contributed by atoms with van der Waals surface area (Å²) in [5.74, 6) is 0.0306. The number of benzene rings is 1. The van der Waals surface area contributed by atoms with E-state index in [1.807, 2.05) is 13.8 Å². The van der Waals surface area contributed by atoms with Gasteiger partial charge in [0.05, 0.1) is 0 Å². The van der Waals surface area contributed by atoms with Gasteiger partial charge < -0.3 is 0 Å². The number of nitrogens with one attached hydrogen (secondary N) is 2. The van der Waals surface area contributed by atoms with E-state index in [9.17, 15) is 4.79 Å². The van der Waals surface area contributed by atoms with Crippen LogP contribution in [0.4, 0.5) is 5.95 Å². The third-order valence-corrected chi connectivity index (χ3v) is 3.47. The molecule has 0 aliphatic carbocycles. The van der Waals surface area contributed by atoms with Crippen LogP contribution in [-0.4, -0.2) is 31.2 Å². The molecule has 1 aromatic carbocycles. The zero-order valence-corrected chi connectivity index (χ0v) is 13.7. The molecular weight excluding hydrogens is 324 g/mol. The molecule has 116 valence electrons. The lowest BCUT2D eigenvalue weighted by molar-refractivity contribution is 0.0977. The number of aryl methyl sites for hydroxylation is 2. The zero-order valence-electron chi connectivity index (χ0n) is 12.1. The minimum atomic E-state index is -0.353. The predicted octanol–water partition coefficient (Wildman–Crippen LogP) is 2.17. The second-order valence-electron chi connectivity index (χ2n) is 4.60. The Kier molecular flexibility index (Phi) is 5.40. The lowest BCUT2D eigenvalue weighted by atomic mass is 10.1. The van der Waals surface area contributed by atoms with E-state index in [1.54, 1.807) is 22.9 Å². The quantitative estimate of drug-likeness (QED) is 0.831. The highest BCUT2D eigenvalue weighted by atomic mass is 35.5. The summed E-state index contributed by atoms with van der Waals surface area (Å²) in [7, 11) is 0. The van der Waals surface area contributed by atoms with Crippen molar-refractivity contribution in [3.8, 4) is 0 Å². The average Bonchev–Trinajstić information content (AvgIpc) is 2.89. The van der Waals surface area contributed by atoms with Crippen molar-refractivity contribution in [2.75, 3.05) is 5.32 Å². The normalized spacial score (nSPS) is 10.3. The monoisotopic (exact) mass is 338 g/mol. The van der Waals surface area contributed by atoms with Gasteiger partial charge in [0.2, 0.25) is 5.95 Å². The van der Waals surface area contributed by atoms with E-state index >= 15 is 0 Å². The molecule has 1 amide bonds. The second-order valence-corrected chi connectivity index (χ2v) is 5.41. The fourth-order valence-corrected chi connectivity index (χ4v) is 2.06. The zero-order chi connectivity index (χ0) is 16.1. The molecule has 0 aliphatic heterocycles. The molecule has 0 unspecified atom stereocenters. The molecule has 0 aliphatic rings. The molecule has 1 heterocycles. The van der Waals surface area contributed by atoms with Crippen LogP contribution < -0.4 is 10.6 Å². The van der Waals surface area contributed by atoms with Crippen molar-refractivity contribution >= 4 is 40.8 Å². The fraction of sp³-hybridized carbons (Fsp3) is 0.308. The Labute approximate surface area is 138 Å². The van der Waals surface area contributed by atoms with Crippen molar-refractivity contribution in [3.63, 3.8) is 0 Å². The first-order valence-corrected chi connectivity index (χ1v) is 7.44. The highest BCUT2D eigenvalue weighted by Gasteiger charge is 2.12. The van der Waals surface area contributed by atoms with Gasteiger partial charge in [0.15, 0.2) is 5.11 Å². The van der Waals surface area contributed by atoms with Crippen molar-refractivity contribution < 1.29 is 4.79 Å². The summed E-state index contributed by atoms with van der Waals surface area (Å²) in [5.41, 5.74) is 1.32. The summed E-state index contributed by atoms with van der Waals surface area (Å²) in [6.07, 6.45) is 0.876. The van der Waals surface area contributed by atoms with Gasteiger partial charge in [0.25, 0.3) is 5.91 Å². The van der Waals surface area contributed by atoms with E-state index in [-0.39, 0.29) is 11.0 Å². The molecule has 0 bridgehead atoms. The summed E-state index contributed by atoms with van der Waals surface area (Å²) in [4.78, 5) is 12.1. The van der Waals surface area contributed by atoms with Crippen molar-refractivity contribution in [1.29, 1.82) is 0 Å². The number of carbonyl (C=O) groups is 1. The number of carbonyl (C=O) groups excluding carboxylic acids is 1.